The molecule has 0 aromatic heterocycles. The number of carbonyl (C=O) groups is 1. The van der Waals surface area contributed by atoms with E-state index in [2.05, 4.69) is 5.32 Å². The molecule has 1 heterocycles. The van der Waals surface area contributed by atoms with Crippen LogP contribution in [0.25, 0.3) is 0 Å². The number of piperidine rings is 1. The summed E-state index contributed by atoms with van der Waals surface area (Å²) in [7, 11) is -3.45. The van der Waals surface area contributed by atoms with Crippen molar-refractivity contribution in [3.05, 3.63) is 58.4 Å². The molecule has 2 aromatic carbocycles. The highest BCUT2D eigenvalue weighted by Crippen LogP contribution is 2.25. The number of benzene rings is 2. The molecule has 1 atom stereocenters. The molecule has 1 amide bonds. The summed E-state index contributed by atoms with van der Waals surface area (Å²) < 4.78 is 37.7. The Kier molecular flexibility index (Phi) is 5.95. The fourth-order valence-corrected chi connectivity index (χ4v) is 4.20. The van der Waals surface area contributed by atoms with Crippen molar-refractivity contribution < 1.29 is 17.6 Å². The smallest absolute Gasteiger partial charge is 0.253 e. The van der Waals surface area contributed by atoms with Crippen molar-refractivity contribution >= 4 is 33.0 Å². The Hall–Kier alpha value is -2.12. The molecule has 1 aliphatic rings. The lowest BCUT2D eigenvalue weighted by atomic mass is 10.0. The number of hydrogen-bond acceptors (Lipinski definition) is 4. The second kappa shape index (κ2) is 8.09. The minimum absolute atomic E-state index is 0.0363. The Labute approximate surface area is 169 Å². The summed E-state index contributed by atoms with van der Waals surface area (Å²) in [5.41, 5.74) is 1.60. The first kappa shape index (κ1) is 20.6. The lowest BCUT2D eigenvalue weighted by Crippen LogP contribution is -2.48. The number of nitrogens with zero attached hydrogens (tertiary/aromatic N) is 1. The molecule has 150 valence electrons. The minimum atomic E-state index is -3.45. The number of rotatable bonds is 4. The number of halogens is 2. The van der Waals surface area contributed by atoms with Crippen LogP contribution in [0.4, 0.5) is 10.1 Å². The normalized spacial score (nSPS) is 17.4. The predicted octanol–water partition coefficient (Wildman–Crippen LogP) is 3.59. The summed E-state index contributed by atoms with van der Waals surface area (Å²) in [5.74, 6) is -0.728. The summed E-state index contributed by atoms with van der Waals surface area (Å²) in [6.45, 7) is 3.08. The standard InChI is InChI=1S/C20H22ClFN2O3S/c1-13-5-8-18(22)19(10-13)24-9-3-4-14(12-24)23-20(25)16-11-15(28(2,26)27)6-7-17(16)21/h5-8,10-11,14H,3-4,9,12H2,1-2H3,(H,23,25). The molecule has 5 nitrogen and oxygen atoms in total. The van der Waals surface area contributed by atoms with Crippen molar-refractivity contribution in [2.45, 2.75) is 30.7 Å². The number of carbonyl (C=O) groups excluding carboxylic acids is 1. The summed E-state index contributed by atoms with van der Waals surface area (Å²) in [4.78, 5) is 14.7. The van der Waals surface area contributed by atoms with Gasteiger partial charge in [0.1, 0.15) is 5.82 Å². The highest BCUT2D eigenvalue weighted by Gasteiger charge is 2.25. The number of anilines is 1. The molecular formula is C20H22ClFN2O3S. The Morgan fingerprint density at radius 1 is 1.25 bits per heavy atom. The molecule has 1 aliphatic heterocycles. The van der Waals surface area contributed by atoms with E-state index in [-0.39, 0.29) is 27.3 Å². The molecule has 1 fully saturated rings. The second-order valence-electron chi connectivity index (χ2n) is 7.13. The van der Waals surface area contributed by atoms with Crippen molar-refractivity contribution in [2.75, 3.05) is 24.2 Å². The van der Waals surface area contributed by atoms with Crippen molar-refractivity contribution in [3.8, 4) is 0 Å². The number of aryl methyl sites for hydroxylation is 1. The molecule has 0 spiro atoms. The third kappa shape index (κ3) is 4.64. The molecule has 0 bridgehead atoms. The van der Waals surface area contributed by atoms with Crippen LogP contribution in [0.1, 0.15) is 28.8 Å². The van der Waals surface area contributed by atoms with Gasteiger partial charge in [-0.05, 0) is 55.7 Å². The van der Waals surface area contributed by atoms with Crippen LogP contribution in [0.2, 0.25) is 5.02 Å². The SMILES string of the molecule is Cc1ccc(F)c(N2CCCC(NC(=O)c3cc(S(C)(=O)=O)ccc3Cl)C2)c1. The van der Waals surface area contributed by atoms with Gasteiger partial charge in [0, 0.05) is 25.4 Å². The summed E-state index contributed by atoms with van der Waals surface area (Å²) in [5, 5.41) is 3.09. The Morgan fingerprint density at radius 2 is 2.00 bits per heavy atom. The van der Waals surface area contributed by atoms with Gasteiger partial charge in [0.25, 0.3) is 5.91 Å². The molecule has 8 heteroatoms. The van der Waals surface area contributed by atoms with Gasteiger partial charge in [-0.1, -0.05) is 17.7 Å². The first-order valence-electron chi connectivity index (χ1n) is 8.97. The van der Waals surface area contributed by atoms with E-state index in [1.807, 2.05) is 11.8 Å². The van der Waals surface area contributed by atoms with E-state index in [1.165, 1.54) is 24.3 Å². The molecule has 28 heavy (non-hydrogen) atoms. The van der Waals surface area contributed by atoms with Crippen molar-refractivity contribution in [1.29, 1.82) is 0 Å². The van der Waals surface area contributed by atoms with Crippen LogP contribution < -0.4 is 10.2 Å². The van der Waals surface area contributed by atoms with Gasteiger partial charge in [0.2, 0.25) is 0 Å². The quantitative estimate of drug-likeness (QED) is 0.814. The lowest BCUT2D eigenvalue weighted by molar-refractivity contribution is 0.0933. The third-order valence-corrected chi connectivity index (χ3v) is 6.25. The van der Waals surface area contributed by atoms with Crippen LogP contribution in [0.5, 0.6) is 0 Å². The number of sulfone groups is 1. The van der Waals surface area contributed by atoms with Crippen molar-refractivity contribution in [1.82, 2.24) is 5.32 Å². The largest absolute Gasteiger partial charge is 0.367 e. The number of nitrogens with one attached hydrogen (secondary N) is 1. The molecule has 1 saturated heterocycles. The summed E-state index contributed by atoms with van der Waals surface area (Å²) in [6.07, 6.45) is 2.63. The first-order chi connectivity index (χ1) is 13.1. The van der Waals surface area contributed by atoms with Crippen LogP contribution in [0.3, 0.4) is 0 Å². The van der Waals surface area contributed by atoms with E-state index in [0.717, 1.165) is 24.7 Å². The first-order valence-corrected chi connectivity index (χ1v) is 11.2. The average molecular weight is 425 g/mol. The van der Waals surface area contributed by atoms with Gasteiger partial charge in [-0.15, -0.1) is 0 Å². The van der Waals surface area contributed by atoms with E-state index < -0.39 is 15.7 Å². The Bertz CT molecular complexity index is 1010. The third-order valence-electron chi connectivity index (χ3n) is 4.81. The summed E-state index contributed by atoms with van der Waals surface area (Å²) >= 11 is 6.11. The molecule has 3 rings (SSSR count). The Morgan fingerprint density at radius 3 is 2.71 bits per heavy atom. The van der Waals surface area contributed by atoms with E-state index >= 15 is 0 Å². The van der Waals surface area contributed by atoms with Crippen molar-refractivity contribution in [3.63, 3.8) is 0 Å². The van der Waals surface area contributed by atoms with Crippen LogP contribution in [-0.4, -0.2) is 39.7 Å². The van der Waals surface area contributed by atoms with Crippen LogP contribution in [-0.2, 0) is 9.84 Å². The predicted molar refractivity (Wildman–Crippen MR) is 108 cm³/mol. The molecule has 0 saturated carbocycles. The van der Waals surface area contributed by atoms with Crippen molar-refractivity contribution in [2.24, 2.45) is 0 Å². The Balaban J connectivity index is 1.77. The minimum Gasteiger partial charge on any atom is -0.367 e. The maximum atomic E-state index is 14.2. The van der Waals surface area contributed by atoms with E-state index in [4.69, 9.17) is 11.6 Å². The zero-order valence-electron chi connectivity index (χ0n) is 15.7. The lowest BCUT2D eigenvalue weighted by Gasteiger charge is -2.35. The van der Waals surface area contributed by atoms with Gasteiger partial charge in [-0.3, -0.25) is 4.79 Å². The van der Waals surface area contributed by atoms with Gasteiger partial charge in [0.15, 0.2) is 9.84 Å². The average Bonchev–Trinajstić information content (AvgIpc) is 2.63. The van der Waals surface area contributed by atoms with E-state index in [1.54, 1.807) is 12.1 Å². The van der Waals surface area contributed by atoms with Crippen LogP contribution in [0, 0.1) is 12.7 Å². The zero-order valence-corrected chi connectivity index (χ0v) is 17.3. The molecule has 1 N–H and O–H groups in total. The van der Waals surface area contributed by atoms with E-state index in [9.17, 15) is 17.6 Å². The van der Waals surface area contributed by atoms with Gasteiger partial charge in [-0.25, -0.2) is 12.8 Å². The fraction of sp³-hybridized carbons (Fsp3) is 0.350. The van der Waals surface area contributed by atoms with Crippen LogP contribution in [0.15, 0.2) is 41.3 Å². The fourth-order valence-electron chi connectivity index (χ4n) is 3.35. The molecule has 2 aromatic rings. The van der Waals surface area contributed by atoms with Gasteiger partial charge >= 0.3 is 0 Å². The molecule has 1 unspecified atom stereocenters. The van der Waals surface area contributed by atoms with E-state index in [0.29, 0.717) is 18.8 Å². The number of hydrogen-bond donors (Lipinski definition) is 1. The van der Waals surface area contributed by atoms with Gasteiger partial charge in [0.05, 0.1) is 21.2 Å². The summed E-state index contributed by atoms with van der Waals surface area (Å²) in [6, 6.07) is 8.83. The molecular weight excluding hydrogens is 403 g/mol. The number of amides is 1. The molecule has 0 radical (unpaired) electrons. The van der Waals surface area contributed by atoms with Gasteiger partial charge in [-0.2, -0.15) is 0 Å². The second-order valence-corrected chi connectivity index (χ2v) is 9.55. The molecule has 0 aliphatic carbocycles. The highest BCUT2D eigenvalue weighted by atomic mass is 35.5. The monoisotopic (exact) mass is 424 g/mol. The maximum Gasteiger partial charge on any atom is 0.253 e. The topological polar surface area (TPSA) is 66.5 Å². The maximum absolute atomic E-state index is 14.2. The highest BCUT2D eigenvalue weighted by molar-refractivity contribution is 7.90. The van der Waals surface area contributed by atoms with Crippen LogP contribution >= 0.6 is 11.6 Å². The zero-order chi connectivity index (χ0) is 20.5. The van der Waals surface area contributed by atoms with Gasteiger partial charge < -0.3 is 10.2 Å².